The van der Waals surface area contributed by atoms with E-state index >= 15 is 0 Å². The van der Waals surface area contributed by atoms with Crippen molar-refractivity contribution in [2.24, 2.45) is 0 Å². The average Bonchev–Trinajstić information content (AvgIpc) is 2.36. The molecule has 0 aromatic heterocycles. The van der Waals surface area contributed by atoms with E-state index in [9.17, 15) is 26.7 Å². The van der Waals surface area contributed by atoms with Crippen molar-refractivity contribution >= 4 is 11.7 Å². The van der Waals surface area contributed by atoms with Gasteiger partial charge in [-0.25, -0.2) is 13.6 Å². The molecule has 9 heteroatoms. The molecule has 0 amide bonds. The number of hydrogen-bond acceptors (Lipinski definition) is 3. The van der Waals surface area contributed by atoms with E-state index < -0.39 is 37.4 Å². The minimum absolute atomic E-state index is 0.143. The van der Waals surface area contributed by atoms with Crippen molar-refractivity contribution in [3.63, 3.8) is 0 Å². The van der Waals surface area contributed by atoms with Crippen LogP contribution in [-0.2, 0) is 4.74 Å². The van der Waals surface area contributed by atoms with E-state index in [1.54, 1.807) is 0 Å². The highest BCUT2D eigenvalue weighted by Crippen LogP contribution is 2.36. The SMILES string of the molecule is O=C(O)c1ccc(N2CC(F)OC(F)C2C(F)(F)F)cc1. The second-order valence-electron chi connectivity index (χ2n) is 4.39. The number of morpholine rings is 1. The van der Waals surface area contributed by atoms with Crippen LogP contribution in [0.3, 0.4) is 0 Å². The third-order valence-corrected chi connectivity index (χ3v) is 2.98. The van der Waals surface area contributed by atoms with Crippen LogP contribution in [0.1, 0.15) is 10.4 Å². The summed E-state index contributed by atoms with van der Waals surface area (Å²) in [6.07, 6.45) is -10.0. The first-order chi connectivity index (χ1) is 9.70. The molecule has 1 aliphatic rings. The number of carboxylic acids is 1. The Morgan fingerprint density at radius 3 is 2.29 bits per heavy atom. The minimum atomic E-state index is -4.97. The number of anilines is 1. The van der Waals surface area contributed by atoms with Gasteiger partial charge in [-0.1, -0.05) is 0 Å². The van der Waals surface area contributed by atoms with Crippen molar-refractivity contribution < 1.29 is 36.6 Å². The highest BCUT2D eigenvalue weighted by molar-refractivity contribution is 5.88. The first kappa shape index (κ1) is 15.5. The number of aromatic carboxylic acids is 1. The van der Waals surface area contributed by atoms with Gasteiger partial charge in [0.15, 0.2) is 6.04 Å². The summed E-state index contributed by atoms with van der Waals surface area (Å²) < 4.78 is 69.2. The number of hydrogen-bond donors (Lipinski definition) is 1. The summed E-state index contributed by atoms with van der Waals surface area (Å²) in [4.78, 5) is 11.2. The lowest BCUT2D eigenvalue weighted by Gasteiger charge is -2.41. The number of benzene rings is 1. The van der Waals surface area contributed by atoms with Crippen LogP contribution in [0.4, 0.5) is 27.6 Å². The molecule has 0 aliphatic carbocycles. The zero-order chi connectivity index (χ0) is 15.8. The van der Waals surface area contributed by atoms with Gasteiger partial charge in [-0.3, -0.25) is 0 Å². The van der Waals surface area contributed by atoms with Crippen LogP contribution in [0.5, 0.6) is 0 Å². The van der Waals surface area contributed by atoms with E-state index in [-0.39, 0.29) is 11.3 Å². The fourth-order valence-corrected chi connectivity index (χ4v) is 2.05. The molecule has 1 saturated heterocycles. The van der Waals surface area contributed by atoms with Gasteiger partial charge in [0.1, 0.15) is 0 Å². The van der Waals surface area contributed by atoms with E-state index in [1.165, 1.54) is 0 Å². The van der Waals surface area contributed by atoms with Gasteiger partial charge in [-0.05, 0) is 24.3 Å². The summed E-state index contributed by atoms with van der Waals surface area (Å²) >= 11 is 0. The maximum Gasteiger partial charge on any atom is 0.414 e. The molecule has 1 N–H and O–H groups in total. The monoisotopic (exact) mass is 311 g/mol. The maximum absolute atomic E-state index is 13.4. The summed E-state index contributed by atoms with van der Waals surface area (Å²) in [5.41, 5.74) is -0.292. The standard InChI is InChI=1S/C12H10F5NO3/c13-8-5-18(9(10(14)21-8)12(15,16)17)7-3-1-6(2-4-7)11(19)20/h1-4,8-10H,5H2,(H,19,20). The van der Waals surface area contributed by atoms with Crippen molar-refractivity contribution in [2.45, 2.75) is 24.9 Å². The first-order valence-electron chi connectivity index (χ1n) is 5.80. The number of rotatable bonds is 2. The topological polar surface area (TPSA) is 49.8 Å². The van der Waals surface area contributed by atoms with Crippen LogP contribution in [0, 0.1) is 0 Å². The molecular formula is C12H10F5NO3. The van der Waals surface area contributed by atoms with Crippen molar-refractivity contribution in [3.8, 4) is 0 Å². The van der Waals surface area contributed by atoms with Gasteiger partial charge < -0.3 is 14.7 Å². The summed E-state index contributed by atoms with van der Waals surface area (Å²) in [5, 5.41) is 8.72. The Balaban J connectivity index is 2.34. The fourth-order valence-electron chi connectivity index (χ4n) is 2.05. The Hall–Kier alpha value is -1.90. The van der Waals surface area contributed by atoms with Crippen molar-refractivity contribution in [1.29, 1.82) is 0 Å². The molecular weight excluding hydrogens is 301 g/mol. The largest absolute Gasteiger partial charge is 0.478 e. The number of alkyl halides is 5. The fraction of sp³-hybridized carbons (Fsp3) is 0.417. The zero-order valence-electron chi connectivity index (χ0n) is 10.3. The predicted molar refractivity (Wildman–Crippen MR) is 61.5 cm³/mol. The van der Waals surface area contributed by atoms with Crippen molar-refractivity contribution in [2.75, 3.05) is 11.4 Å². The first-order valence-corrected chi connectivity index (χ1v) is 5.80. The highest BCUT2D eigenvalue weighted by Gasteiger charge is 2.53. The minimum Gasteiger partial charge on any atom is -0.478 e. The molecule has 0 radical (unpaired) electrons. The van der Waals surface area contributed by atoms with Crippen LogP contribution >= 0.6 is 0 Å². The van der Waals surface area contributed by atoms with Gasteiger partial charge in [0, 0.05) is 5.69 Å². The molecule has 0 spiro atoms. The summed E-state index contributed by atoms with van der Waals surface area (Å²) in [5.74, 6) is -1.26. The molecule has 2 rings (SSSR count). The van der Waals surface area contributed by atoms with Crippen LogP contribution in [-0.4, -0.2) is 42.6 Å². The molecule has 1 aliphatic heterocycles. The average molecular weight is 311 g/mol. The van der Waals surface area contributed by atoms with Crippen LogP contribution in [0.25, 0.3) is 0 Å². The van der Waals surface area contributed by atoms with Gasteiger partial charge in [0.25, 0.3) is 0 Å². The van der Waals surface area contributed by atoms with Crippen LogP contribution in [0.2, 0.25) is 0 Å². The Kier molecular flexibility index (Phi) is 4.04. The normalized spacial score (nSPS) is 26.7. The molecule has 1 aromatic rings. The van der Waals surface area contributed by atoms with E-state index in [2.05, 4.69) is 4.74 Å². The quantitative estimate of drug-likeness (QED) is 0.853. The lowest BCUT2D eigenvalue weighted by atomic mass is 10.1. The molecule has 116 valence electrons. The van der Waals surface area contributed by atoms with Crippen molar-refractivity contribution in [3.05, 3.63) is 29.8 Å². The van der Waals surface area contributed by atoms with Gasteiger partial charge >= 0.3 is 12.1 Å². The molecule has 3 atom stereocenters. The lowest BCUT2D eigenvalue weighted by Crippen LogP contribution is -2.59. The zero-order valence-corrected chi connectivity index (χ0v) is 10.3. The second kappa shape index (κ2) is 5.47. The molecule has 0 bridgehead atoms. The molecule has 4 nitrogen and oxygen atoms in total. The Labute approximate surface area is 115 Å². The van der Waals surface area contributed by atoms with Crippen molar-refractivity contribution in [1.82, 2.24) is 0 Å². The van der Waals surface area contributed by atoms with Gasteiger partial charge in [-0.2, -0.15) is 13.2 Å². The highest BCUT2D eigenvalue weighted by atomic mass is 19.4. The summed E-state index contributed by atoms with van der Waals surface area (Å²) in [6.45, 7) is -0.809. The number of nitrogens with zero attached hydrogens (tertiary/aromatic N) is 1. The molecule has 1 fully saturated rings. The number of ether oxygens (including phenoxy) is 1. The smallest absolute Gasteiger partial charge is 0.414 e. The molecule has 1 heterocycles. The van der Waals surface area contributed by atoms with E-state index in [4.69, 9.17) is 5.11 Å². The van der Waals surface area contributed by atoms with E-state index in [0.29, 0.717) is 4.90 Å². The van der Waals surface area contributed by atoms with Gasteiger partial charge in [0.2, 0.25) is 12.7 Å². The number of carbonyl (C=O) groups is 1. The maximum atomic E-state index is 13.4. The van der Waals surface area contributed by atoms with Crippen LogP contribution in [0.15, 0.2) is 24.3 Å². The number of carboxylic acid groups (broad SMARTS) is 1. The van der Waals surface area contributed by atoms with Gasteiger partial charge in [-0.15, -0.1) is 0 Å². The van der Waals surface area contributed by atoms with E-state index in [1.807, 2.05) is 0 Å². The van der Waals surface area contributed by atoms with Crippen LogP contribution < -0.4 is 4.90 Å². The van der Waals surface area contributed by atoms with E-state index in [0.717, 1.165) is 24.3 Å². The summed E-state index contributed by atoms with van der Waals surface area (Å²) in [7, 11) is 0. The predicted octanol–water partition coefficient (Wildman–Crippen LogP) is 2.74. The number of halogens is 5. The molecule has 0 saturated carbocycles. The third-order valence-electron chi connectivity index (χ3n) is 2.98. The Morgan fingerprint density at radius 2 is 1.81 bits per heavy atom. The molecule has 3 unspecified atom stereocenters. The third kappa shape index (κ3) is 3.23. The molecule has 21 heavy (non-hydrogen) atoms. The lowest BCUT2D eigenvalue weighted by molar-refractivity contribution is -0.242. The molecule has 1 aromatic carbocycles. The van der Waals surface area contributed by atoms with Gasteiger partial charge in [0.05, 0.1) is 12.1 Å². The Morgan fingerprint density at radius 1 is 1.24 bits per heavy atom. The second-order valence-corrected chi connectivity index (χ2v) is 4.39. The Bertz CT molecular complexity index is 519. The summed E-state index contributed by atoms with van der Waals surface area (Å²) in [6, 6.07) is 1.59.